The van der Waals surface area contributed by atoms with Gasteiger partial charge in [-0.15, -0.1) is 0 Å². The summed E-state index contributed by atoms with van der Waals surface area (Å²) in [6, 6.07) is 1.08. The zero-order chi connectivity index (χ0) is 14.0. The molecule has 19 heavy (non-hydrogen) atoms. The van der Waals surface area contributed by atoms with Crippen LogP contribution in [0, 0.1) is 6.92 Å². The number of aryl methyl sites for hydroxylation is 1. The Morgan fingerprint density at radius 2 is 2.21 bits per heavy atom. The largest absolute Gasteiger partial charge is 0.388 e. The third-order valence-electron chi connectivity index (χ3n) is 3.17. The topological polar surface area (TPSA) is 95.8 Å². The van der Waals surface area contributed by atoms with Crippen LogP contribution < -0.4 is 0 Å². The van der Waals surface area contributed by atoms with Crippen LogP contribution in [0.2, 0.25) is 0 Å². The summed E-state index contributed by atoms with van der Waals surface area (Å²) in [5.74, 6) is -0.347. The van der Waals surface area contributed by atoms with Gasteiger partial charge in [-0.05, 0) is 13.0 Å². The van der Waals surface area contributed by atoms with Crippen LogP contribution in [0.4, 0.5) is 0 Å². The molecule has 7 heteroatoms. The molecule has 0 aliphatic carbocycles. The first kappa shape index (κ1) is 13.9. The van der Waals surface area contributed by atoms with E-state index < -0.39 is 24.2 Å². The fraction of sp³-hybridized carbons (Fsp3) is 0.583. The van der Waals surface area contributed by atoms with Crippen LogP contribution in [0.3, 0.4) is 0 Å². The zero-order valence-corrected chi connectivity index (χ0v) is 10.9. The van der Waals surface area contributed by atoms with Gasteiger partial charge in [-0.1, -0.05) is 0 Å². The smallest absolute Gasteiger partial charge is 0.291 e. The van der Waals surface area contributed by atoms with Crippen LogP contribution in [0.1, 0.15) is 16.3 Å². The summed E-state index contributed by atoms with van der Waals surface area (Å²) in [6.07, 6.45) is -0.522. The number of aromatic nitrogens is 2. The molecular formula is C12H17N3O4. The van der Waals surface area contributed by atoms with Gasteiger partial charge in [-0.3, -0.25) is 4.79 Å². The van der Waals surface area contributed by atoms with Crippen molar-refractivity contribution in [1.82, 2.24) is 14.9 Å². The summed E-state index contributed by atoms with van der Waals surface area (Å²) in [5, 5.41) is 19.4. The van der Waals surface area contributed by atoms with Crippen LogP contribution >= 0.6 is 0 Å². The third-order valence-corrected chi connectivity index (χ3v) is 3.17. The number of likely N-dealkylation sites (N-methyl/N-ethyl adjacent to an activating group) is 1. The fourth-order valence-electron chi connectivity index (χ4n) is 1.96. The van der Waals surface area contributed by atoms with Gasteiger partial charge in [-0.25, -0.2) is 9.97 Å². The Labute approximate surface area is 110 Å². The SMILES string of the molecule is Cc1ccnc(C(=O)N(C)[C@@H]2COC[C@@H](O)[C@H]2O)n1. The Morgan fingerprint density at radius 1 is 1.47 bits per heavy atom. The van der Waals surface area contributed by atoms with E-state index in [2.05, 4.69) is 9.97 Å². The standard InChI is InChI=1S/C12H17N3O4/c1-7-3-4-13-11(14-7)12(18)15(2)8-5-19-6-9(16)10(8)17/h3-4,8-10,16-17H,5-6H2,1-2H3/t8-,9-,10+/m1/s1. The minimum atomic E-state index is -1.03. The van der Waals surface area contributed by atoms with Gasteiger partial charge in [-0.2, -0.15) is 0 Å². The van der Waals surface area contributed by atoms with E-state index in [0.29, 0.717) is 5.69 Å². The summed E-state index contributed by atoms with van der Waals surface area (Å²) in [6.45, 7) is 2.01. The Balaban J connectivity index is 2.14. The number of carbonyl (C=O) groups excluding carboxylic acids is 1. The van der Waals surface area contributed by atoms with Crippen LogP contribution in [0.15, 0.2) is 12.3 Å². The number of hydrogen-bond donors (Lipinski definition) is 2. The van der Waals surface area contributed by atoms with Crippen molar-refractivity contribution >= 4 is 5.91 Å². The molecule has 104 valence electrons. The minimum absolute atomic E-state index is 0.0646. The lowest BCUT2D eigenvalue weighted by atomic mass is 10.0. The number of aliphatic hydroxyl groups excluding tert-OH is 2. The maximum absolute atomic E-state index is 12.2. The maximum atomic E-state index is 12.2. The van der Waals surface area contributed by atoms with Crippen LogP contribution in [0.25, 0.3) is 0 Å². The molecule has 1 aliphatic heterocycles. The number of aliphatic hydroxyl groups is 2. The first-order valence-electron chi connectivity index (χ1n) is 6.01. The zero-order valence-electron chi connectivity index (χ0n) is 10.9. The molecule has 1 fully saturated rings. The molecule has 1 aliphatic rings. The van der Waals surface area contributed by atoms with Crippen molar-refractivity contribution in [2.24, 2.45) is 0 Å². The van der Waals surface area contributed by atoms with Crippen molar-refractivity contribution in [2.45, 2.75) is 25.2 Å². The Hall–Kier alpha value is -1.57. The second kappa shape index (κ2) is 5.60. The highest BCUT2D eigenvalue weighted by atomic mass is 16.5. The molecule has 7 nitrogen and oxygen atoms in total. The molecule has 1 saturated heterocycles. The highest BCUT2D eigenvalue weighted by Gasteiger charge is 2.36. The molecule has 0 unspecified atom stereocenters. The van der Waals surface area contributed by atoms with Gasteiger partial charge < -0.3 is 19.8 Å². The highest BCUT2D eigenvalue weighted by Crippen LogP contribution is 2.15. The first-order chi connectivity index (χ1) is 9.00. The van der Waals surface area contributed by atoms with E-state index in [1.165, 1.54) is 18.1 Å². The van der Waals surface area contributed by atoms with E-state index in [4.69, 9.17) is 4.74 Å². The minimum Gasteiger partial charge on any atom is -0.388 e. The van der Waals surface area contributed by atoms with E-state index in [0.717, 1.165) is 0 Å². The molecule has 0 saturated carbocycles. The van der Waals surface area contributed by atoms with Crippen LogP contribution in [-0.4, -0.2) is 69.5 Å². The predicted molar refractivity (Wildman–Crippen MR) is 65.5 cm³/mol. The first-order valence-corrected chi connectivity index (χ1v) is 6.01. The molecule has 0 bridgehead atoms. The number of rotatable bonds is 2. The van der Waals surface area contributed by atoms with Gasteiger partial charge in [0.25, 0.3) is 5.91 Å². The number of carbonyl (C=O) groups is 1. The molecule has 3 atom stereocenters. The van der Waals surface area contributed by atoms with Gasteiger partial charge in [0.2, 0.25) is 5.82 Å². The molecule has 2 N–H and O–H groups in total. The summed E-state index contributed by atoms with van der Waals surface area (Å²) in [5.41, 5.74) is 0.687. The van der Waals surface area contributed by atoms with Crippen molar-refractivity contribution in [2.75, 3.05) is 20.3 Å². The summed E-state index contributed by atoms with van der Waals surface area (Å²) < 4.78 is 5.15. The van der Waals surface area contributed by atoms with Crippen LogP contribution in [-0.2, 0) is 4.74 Å². The summed E-state index contributed by atoms with van der Waals surface area (Å²) in [7, 11) is 1.53. The lowest BCUT2D eigenvalue weighted by molar-refractivity contribution is -0.122. The maximum Gasteiger partial charge on any atom is 0.291 e. The second-order valence-electron chi connectivity index (χ2n) is 4.60. The molecule has 2 heterocycles. The molecule has 0 aromatic carbocycles. The average molecular weight is 267 g/mol. The lowest BCUT2D eigenvalue weighted by Gasteiger charge is -2.37. The highest BCUT2D eigenvalue weighted by molar-refractivity contribution is 5.90. The van der Waals surface area contributed by atoms with E-state index in [-0.39, 0.29) is 19.0 Å². The van der Waals surface area contributed by atoms with E-state index in [1.54, 1.807) is 13.0 Å². The molecule has 0 spiro atoms. The molecule has 1 amide bonds. The van der Waals surface area contributed by atoms with Crippen LogP contribution in [0.5, 0.6) is 0 Å². The van der Waals surface area contributed by atoms with E-state index in [1.807, 2.05) is 0 Å². The van der Waals surface area contributed by atoms with Gasteiger partial charge >= 0.3 is 0 Å². The number of nitrogens with zero attached hydrogens (tertiary/aromatic N) is 3. The monoisotopic (exact) mass is 267 g/mol. The number of amides is 1. The molecule has 1 aromatic heterocycles. The molecule has 1 aromatic rings. The molecule has 2 rings (SSSR count). The Kier molecular flexibility index (Phi) is 4.08. The van der Waals surface area contributed by atoms with Gasteiger partial charge in [0.05, 0.1) is 19.3 Å². The van der Waals surface area contributed by atoms with Crippen molar-refractivity contribution in [3.8, 4) is 0 Å². The van der Waals surface area contributed by atoms with Gasteiger partial charge in [0.1, 0.15) is 12.2 Å². The van der Waals surface area contributed by atoms with Gasteiger partial charge in [0, 0.05) is 18.9 Å². The van der Waals surface area contributed by atoms with Crippen molar-refractivity contribution < 1.29 is 19.7 Å². The van der Waals surface area contributed by atoms with E-state index >= 15 is 0 Å². The van der Waals surface area contributed by atoms with E-state index in [9.17, 15) is 15.0 Å². The third kappa shape index (κ3) is 2.89. The Morgan fingerprint density at radius 3 is 2.89 bits per heavy atom. The van der Waals surface area contributed by atoms with Crippen molar-refractivity contribution in [3.63, 3.8) is 0 Å². The predicted octanol–water partition coefficient (Wildman–Crippen LogP) is -1.02. The second-order valence-corrected chi connectivity index (χ2v) is 4.60. The van der Waals surface area contributed by atoms with Crippen molar-refractivity contribution in [3.05, 3.63) is 23.8 Å². The van der Waals surface area contributed by atoms with Gasteiger partial charge in [0.15, 0.2) is 0 Å². The average Bonchev–Trinajstić information content (AvgIpc) is 2.40. The summed E-state index contributed by atoms with van der Waals surface area (Å²) >= 11 is 0. The fourth-order valence-corrected chi connectivity index (χ4v) is 1.96. The number of hydrogen-bond acceptors (Lipinski definition) is 6. The Bertz CT molecular complexity index is 468. The van der Waals surface area contributed by atoms with Crippen molar-refractivity contribution in [1.29, 1.82) is 0 Å². The lowest BCUT2D eigenvalue weighted by Crippen LogP contribution is -2.56. The normalized spacial score (nSPS) is 27.1. The summed E-state index contributed by atoms with van der Waals surface area (Å²) in [4.78, 5) is 21.5. The molecule has 0 radical (unpaired) electrons. The quantitative estimate of drug-likeness (QED) is 0.712. The molecular weight excluding hydrogens is 250 g/mol. The number of ether oxygens (including phenoxy) is 1.